The van der Waals surface area contributed by atoms with Crippen LogP contribution in [0.3, 0.4) is 0 Å². The van der Waals surface area contributed by atoms with Crippen LogP contribution in [0.2, 0.25) is 0 Å². The fourth-order valence-corrected chi connectivity index (χ4v) is 5.54. The molecule has 9 heteroatoms. The number of nitrogens with one attached hydrogen (secondary N) is 2. The molecule has 2 atom stereocenters. The first kappa shape index (κ1) is 21.3. The lowest BCUT2D eigenvalue weighted by Crippen LogP contribution is -2.43. The van der Waals surface area contributed by atoms with E-state index in [1.807, 2.05) is 32.0 Å². The summed E-state index contributed by atoms with van der Waals surface area (Å²) in [5.74, 6) is -0.274. The molecule has 0 unspecified atom stereocenters. The molecular weight excluding hydrogens is 418 g/mol. The van der Waals surface area contributed by atoms with Crippen molar-refractivity contribution in [1.82, 2.24) is 4.31 Å². The lowest BCUT2D eigenvalue weighted by atomic mass is 10.1. The van der Waals surface area contributed by atoms with Crippen molar-refractivity contribution in [3.05, 3.63) is 47.5 Å². The van der Waals surface area contributed by atoms with Gasteiger partial charge in [0.1, 0.15) is 11.8 Å². The number of rotatable bonds is 4. The highest BCUT2D eigenvalue weighted by molar-refractivity contribution is 7.89. The number of anilines is 2. The maximum absolute atomic E-state index is 13.3. The van der Waals surface area contributed by atoms with Crippen LogP contribution in [0.15, 0.2) is 41.3 Å². The lowest BCUT2D eigenvalue weighted by molar-refractivity contribution is -0.122. The number of fused-ring (bicyclic) bond motifs is 1. The number of nitrogens with zero attached hydrogens (tertiary/aromatic N) is 1. The van der Waals surface area contributed by atoms with Gasteiger partial charge in [-0.15, -0.1) is 0 Å². The Kier molecular flexibility index (Phi) is 5.49. The zero-order valence-corrected chi connectivity index (χ0v) is 18.5. The molecule has 2 aromatic rings. The first-order chi connectivity index (χ1) is 14.7. The molecule has 4 rings (SSSR count). The Morgan fingerprint density at radius 1 is 1.19 bits per heavy atom. The highest BCUT2D eigenvalue weighted by Gasteiger charge is 2.40. The second-order valence-corrected chi connectivity index (χ2v) is 9.88. The minimum absolute atomic E-state index is 0.0103. The SMILES string of the molecule is Cc1ccc(C)c(NC(=O)[C@H]2CCCN2S(=O)(=O)c2ccc3c(c2)NC(=O)[C@H](C)O3)c1. The third kappa shape index (κ3) is 4.03. The van der Waals surface area contributed by atoms with Crippen molar-refractivity contribution < 1.29 is 22.7 Å². The average Bonchev–Trinajstić information content (AvgIpc) is 3.22. The van der Waals surface area contributed by atoms with Crippen molar-refractivity contribution in [2.24, 2.45) is 0 Å². The van der Waals surface area contributed by atoms with Crippen molar-refractivity contribution in [3.63, 3.8) is 0 Å². The zero-order valence-electron chi connectivity index (χ0n) is 17.6. The number of carbonyl (C=O) groups excluding carboxylic acids is 2. The van der Waals surface area contributed by atoms with Crippen LogP contribution >= 0.6 is 0 Å². The number of hydrogen-bond donors (Lipinski definition) is 2. The molecule has 2 aromatic carbocycles. The van der Waals surface area contributed by atoms with Crippen LogP contribution in [0.4, 0.5) is 11.4 Å². The second kappa shape index (κ2) is 7.97. The van der Waals surface area contributed by atoms with Crippen LogP contribution < -0.4 is 15.4 Å². The number of aryl methyl sites for hydroxylation is 2. The van der Waals surface area contributed by atoms with Gasteiger partial charge >= 0.3 is 0 Å². The molecule has 164 valence electrons. The van der Waals surface area contributed by atoms with Crippen LogP contribution in [0, 0.1) is 13.8 Å². The fraction of sp³-hybridized carbons (Fsp3) is 0.364. The van der Waals surface area contributed by atoms with Gasteiger partial charge < -0.3 is 15.4 Å². The molecule has 0 saturated carbocycles. The van der Waals surface area contributed by atoms with E-state index in [0.29, 0.717) is 30.0 Å². The third-order valence-corrected chi connectivity index (χ3v) is 7.55. The molecule has 0 aromatic heterocycles. The minimum Gasteiger partial charge on any atom is -0.479 e. The van der Waals surface area contributed by atoms with Crippen molar-refractivity contribution in [2.75, 3.05) is 17.2 Å². The molecule has 0 bridgehead atoms. The molecule has 0 spiro atoms. The lowest BCUT2D eigenvalue weighted by Gasteiger charge is -2.26. The molecular formula is C22H25N3O5S. The standard InChI is InChI=1S/C22H25N3O5S/c1-13-6-7-14(2)17(11-13)23-22(27)19-5-4-10-25(19)31(28,29)16-8-9-20-18(12-16)24-21(26)15(3)30-20/h6-9,11-12,15,19H,4-5,10H2,1-3H3,(H,23,27)(H,24,26)/t15-,19+/m0/s1. The van der Waals surface area contributed by atoms with Gasteiger partial charge in [0, 0.05) is 12.2 Å². The van der Waals surface area contributed by atoms with E-state index in [2.05, 4.69) is 10.6 Å². The van der Waals surface area contributed by atoms with Crippen LogP contribution in [0.25, 0.3) is 0 Å². The first-order valence-corrected chi connectivity index (χ1v) is 11.6. The molecule has 2 aliphatic heterocycles. The number of sulfonamides is 1. The summed E-state index contributed by atoms with van der Waals surface area (Å²) in [7, 11) is -3.94. The maximum atomic E-state index is 13.3. The summed E-state index contributed by atoms with van der Waals surface area (Å²) in [6, 6.07) is 9.29. The summed E-state index contributed by atoms with van der Waals surface area (Å²) in [6.45, 7) is 5.69. The van der Waals surface area contributed by atoms with E-state index >= 15 is 0 Å². The Morgan fingerprint density at radius 2 is 1.97 bits per heavy atom. The number of hydrogen-bond acceptors (Lipinski definition) is 5. The summed E-state index contributed by atoms with van der Waals surface area (Å²) >= 11 is 0. The number of ether oxygens (including phenoxy) is 1. The fourth-order valence-electron chi connectivity index (χ4n) is 3.86. The smallest absolute Gasteiger partial charge is 0.265 e. The third-order valence-electron chi connectivity index (χ3n) is 5.65. The van der Waals surface area contributed by atoms with Gasteiger partial charge in [-0.3, -0.25) is 9.59 Å². The van der Waals surface area contributed by atoms with Gasteiger partial charge in [0.25, 0.3) is 5.91 Å². The molecule has 31 heavy (non-hydrogen) atoms. The molecule has 2 amide bonds. The average molecular weight is 444 g/mol. The van der Waals surface area contributed by atoms with E-state index < -0.39 is 22.2 Å². The topological polar surface area (TPSA) is 105 Å². The maximum Gasteiger partial charge on any atom is 0.265 e. The van der Waals surface area contributed by atoms with Crippen molar-refractivity contribution in [2.45, 2.75) is 50.7 Å². The van der Waals surface area contributed by atoms with Gasteiger partial charge in [-0.2, -0.15) is 4.31 Å². The Hall–Kier alpha value is -2.91. The summed E-state index contributed by atoms with van der Waals surface area (Å²) < 4.78 is 33.4. The predicted molar refractivity (Wildman–Crippen MR) is 117 cm³/mol. The van der Waals surface area contributed by atoms with Crippen molar-refractivity contribution >= 4 is 33.2 Å². The summed E-state index contributed by atoms with van der Waals surface area (Å²) in [6.07, 6.45) is 0.386. The minimum atomic E-state index is -3.94. The predicted octanol–water partition coefficient (Wildman–Crippen LogP) is 2.81. The molecule has 8 nitrogen and oxygen atoms in total. The largest absolute Gasteiger partial charge is 0.479 e. The van der Waals surface area contributed by atoms with Crippen LogP contribution in [-0.4, -0.2) is 43.2 Å². The van der Waals surface area contributed by atoms with Crippen LogP contribution in [0.1, 0.15) is 30.9 Å². The Bertz CT molecular complexity index is 1160. The Balaban J connectivity index is 1.59. The molecule has 0 radical (unpaired) electrons. The Labute approximate surface area is 181 Å². The van der Waals surface area contributed by atoms with E-state index in [1.54, 1.807) is 6.92 Å². The molecule has 0 aliphatic carbocycles. The van der Waals surface area contributed by atoms with Gasteiger partial charge in [0.2, 0.25) is 15.9 Å². The van der Waals surface area contributed by atoms with E-state index in [1.165, 1.54) is 22.5 Å². The molecule has 2 N–H and O–H groups in total. The van der Waals surface area contributed by atoms with E-state index in [4.69, 9.17) is 4.74 Å². The monoisotopic (exact) mass is 443 g/mol. The summed E-state index contributed by atoms with van der Waals surface area (Å²) in [5.41, 5.74) is 2.90. The number of benzene rings is 2. The summed E-state index contributed by atoms with van der Waals surface area (Å²) in [4.78, 5) is 24.9. The zero-order chi connectivity index (χ0) is 22.3. The number of carbonyl (C=O) groups is 2. The molecule has 1 saturated heterocycles. The van der Waals surface area contributed by atoms with Crippen molar-refractivity contribution in [1.29, 1.82) is 0 Å². The van der Waals surface area contributed by atoms with Crippen LogP contribution in [0.5, 0.6) is 5.75 Å². The van der Waals surface area contributed by atoms with Gasteiger partial charge in [0.05, 0.1) is 10.6 Å². The highest BCUT2D eigenvalue weighted by Crippen LogP contribution is 2.34. The molecule has 2 aliphatic rings. The van der Waals surface area contributed by atoms with Gasteiger partial charge in [0.15, 0.2) is 6.10 Å². The van der Waals surface area contributed by atoms with E-state index in [0.717, 1.165) is 11.1 Å². The highest BCUT2D eigenvalue weighted by atomic mass is 32.2. The molecule has 2 heterocycles. The summed E-state index contributed by atoms with van der Waals surface area (Å²) in [5, 5.41) is 5.55. The van der Waals surface area contributed by atoms with E-state index in [9.17, 15) is 18.0 Å². The number of amides is 2. The Morgan fingerprint density at radius 3 is 2.74 bits per heavy atom. The van der Waals surface area contributed by atoms with Gasteiger partial charge in [-0.1, -0.05) is 12.1 Å². The van der Waals surface area contributed by atoms with Crippen LogP contribution in [-0.2, 0) is 19.6 Å². The van der Waals surface area contributed by atoms with Crippen molar-refractivity contribution in [3.8, 4) is 5.75 Å². The quantitative estimate of drug-likeness (QED) is 0.756. The first-order valence-electron chi connectivity index (χ1n) is 10.2. The van der Waals surface area contributed by atoms with Gasteiger partial charge in [-0.05, 0) is 69.0 Å². The second-order valence-electron chi connectivity index (χ2n) is 7.99. The van der Waals surface area contributed by atoms with Gasteiger partial charge in [-0.25, -0.2) is 8.42 Å². The van der Waals surface area contributed by atoms with E-state index in [-0.39, 0.29) is 23.3 Å². The molecule has 1 fully saturated rings. The normalized spacial score (nSPS) is 21.2.